The number of aliphatic hydroxyl groups excluding tert-OH is 1. The fraction of sp³-hybridized carbons (Fsp3) is 0.400. The largest absolute Gasteiger partial charge is 0.417 e. The van der Waals surface area contributed by atoms with Crippen LogP contribution in [0.2, 0.25) is 0 Å². The van der Waals surface area contributed by atoms with Crippen LogP contribution < -0.4 is 0 Å². The van der Waals surface area contributed by atoms with Crippen molar-refractivity contribution >= 4 is 0 Å². The van der Waals surface area contributed by atoms with Crippen molar-refractivity contribution in [1.82, 2.24) is 0 Å². The lowest BCUT2D eigenvalue weighted by atomic mass is 9.97. The first-order valence-corrected chi connectivity index (χ1v) is 4.46. The summed E-state index contributed by atoms with van der Waals surface area (Å²) < 4.78 is 75.0. The highest BCUT2D eigenvalue weighted by molar-refractivity contribution is 5.42. The van der Waals surface area contributed by atoms with Crippen LogP contribution in [0.15, 0.2) is 12.1 Å². The molecule has 0 aliphatic heterocycles. The fourth-order valence-corrected chi connectivity index (χ4v) is 1.55. The number of benzene rings is 1. The third-order valence-electron chi connectivity index (χ3n) is 2.17. The van der Waals surface area contributed by atoms with E-state index in [1.165, 1.54) is 0 Å². The predicted molar refractivity (Wildman–Crippen MR) is 47.1 cm³/mol. The lowest BCUT2D eigenvalue weighted by Crippen LogP contribution is -2.18. The molecule has 0 saturated carbocycles. The Bertz CT molecular complexity index is 418. The molecule has 96 valence electrons. The second kappa shape index (κ2) is 4.21. The minimum atomic E-state index is -5.11. The van der Waals surface area contributed by atoms with E-state index >= 15 is 0 Å². The van der Waals surface area contributed by atoms with E-state index in [0.29, 0.717) is 6.07 Å². The molecule has 0 radical (unpaired) electrons. The van der Waals surface area contributed by atoms with Crippen molar-refractivity contribution in [3.05, 3.63) is 34.4 Å². The Kier molecular flexibility index (Phi) is 3.42. The first kappa shape index (κ1) is 13.8. The van der Waals surface area contributed by atoms with Crippen molar-refractivity contribution in [3.8, 4) is 0 Å². The molecule has 0 aliphatic carbocycles. The Labute approximate surface area is 92.7 Å². The van der Waals surface area contributed by atoms with Gasteiger partial charge >= 0.3 is 12.4 Å². The first-order valence-electron chi connectivity index (χ1n) is 4.46. The van der Waals surface area contributed by atoms with E-state index in [1.54, 1.807) is 0 Å². The van der Waals surface area contributed by atoms with Crippen molar-refractivity contribution in [2.45, 2.75) is 25.9 Å². The highest BCUT2D eigenvalue weighted by Gasteiger charge is 2.44. The van der Waals surface area contributed by atoms with E-state index in [4.69, 9.17) is 5.11 Å². The van der Waals surface area contributed by atoms with Gasteiger partial charge in [0.25, 0.3) is 0 Å². The summed E-state index contributed by atoms with van der Waals surface area (Å²) in [7, 11) is 0. The van der Waals surface area contributed by atoms with Crippen LogP contribution in [0, 0.1) is 6.92 Å². The van der Waals surface area contributed by atoms with Gasteiger partial charge in [0.2, 0.25) is 0 Å². The van der Waals surface area contributed by atoms with Crippen LogP contribution in [0.25, 0.3) is 0 Å². The van der Waals surface area contributed by atoms with Crippen molar-refractivity contribution in [2.75, 3.05) is 0 Å². The molecule has 0 aromatic heterocycles. The molecule has 0 amide bonds. The Hall–Kier alpha value is -1.24. The molecule has 1 aromatic carbocycles. The minimum Gasteiger partial charge on any atom is -0.392 e. The summed E-state index contributed by atoms with van der Waals surface area (Å²) in [5.74, 6) is 0. The van der Waals surface area contributed by atoms with Crippen LogP contribution in [-0.2, 0) is 19.0 Å². The average molecular weight is 258 g/mol. The van der Waals surface area contributed by atoms with E-state index < -0.39 is 35.6 Å². The number of rotatable bonds is 1. The lowest BCUT2D eigenvalue weighted by molar-refractivity contribution is -0.162. The maximum atomic E-state index is 12.5. The molecule has 1 nitrogen and oxygen atoms in total. The van der Waals surface area contributed by atoms with Crippen LogP contribution in [0.4, 0.5) is 26.3 Å². The van der Waals surface area contributed by atoms with Crippen LogP contribution in [0.1, 0.15) is 22.3 Å². The van der Waals surface area contributed by atoms with Gasteiger partial charge in [0.1, 0.15) is 0 Å². The molecule has 0 spiro atoms. The summed E-state index contributed by atoms with van der Waals surface area (Å²) in [6.07, 6.45) is -10.2. The Morgan fingerprint density at radius 3 is 1.88 bits per heavy atom. The van der Waals surface area contributed by atoms with E-state index in [1.807, 2.05) is 0 Å². The first-order chi connectivity index (χ1) is 7.57. The second-order valence-electron chi connectivity index (χ2n) is 3.49. The number of aryl methyl sites for hydroxylation is 1. The fourth-order valence-electron chi connectivity index (χ4n) is 1.55. The average Bonchev–Trinajstić information content (AvgIpc) is 2.12. The van der Waals surface area contributed by atoms with Crippen molar-refractivity contribution in [2.24, 2.45) is 0 Å². The SMILES string of the molecule is Cc1cc(CO)cc(C(F)(F)F)c1C(F)(F)F. The lowest BCUT2D eigenvalue weighted by Gasteiger charge is -2.18. The number of hydrogen-bond donors (Lipinski definition) is 1. The normalized spacial score (nSPS) is 12.9. The summed E-state index contributed by atoms with van der Waals surface area (Å²) in [6.45, 7) is 0.180. The summed E-state index contributed by atoms with van der Waals surface area (Å²) >= 11 is 0. The second-order valence-corrected chi connectivity index (χ2v) is 3.49. The summed E-state index contributed by atoms with van der Waals surface area (Å²) in [4.78, 5) is 0. The maximum absolute atomic E-state index is 12.5. The topological polar surface area (TPSA) is 20.2 Å². The zero-order chi connectivity index (χ0) is 13.4. The third-order valence-corrected chi connectivity index (χ3v) is 2.17. The molecule has 17 heavy (non-hydrogen) atoms. The van der Waals surface area contributed by atoms with Gasteiger partial charge < -0.3 is 5.11 Å². The van der Waals surface area contributed by atoms with E-state index in [-0.39, 0.29) is 5.56 Å². The zero-order valence-corrected chi connectivity index (χ0v) is 8.58. The van der Waals surface area contributed by atoms with Crippen LogP contribution >= 0.6 is 0 Å². The number of hydrogen-bond acceptors (Lipinski definition) is 1. The molecule has 0 bridgehead atoms. The molecule has 0 atom stereocenters. The molecule has 0 aliphatic rings. The molecule has 0 unspecified atom stereocenters. The highest BCUT2D eigenvalue weighted by atomic mass is 19.4. The van der Waals surface area contributed by atoms with Gasteiger partial charge in [0.15, 0.2) is 0 Å². The number of halogens is 6. The van der Waals surface area contributed by atoms with Crippen LogP contribution in [0.5, 0.6) is 0 Å². The Morgan fingerprint density at radius 1 is 1.00 bits per heavy atom. The van der Waals surface area contributed by atoms with Gasteiger partial charge in [-0.15, -0.1) is 0 Å². The predicted octanol–water partition coefficient (Wildman–Crippen LogP) is 3.52. The Balaban J connectivity index is 3.58. The van der Waals surface area contributed by atoms with Crippen LogP contribution in [-0.4, -0.2) is 5.11 Å². The third kappa shape index (κ3) is 2.91. The molecular weight excluding hydrogens is 250 g/mol. The van der Waals surface area contributed by atoms with Gasteiger partial charge in [-0.05, 0) is 24.1 Å². The van der Waals surface area contributed by atoms with Gasteiger partial charge in [-0.3, -0.25) is 0 Å². The highest BCUT2D eigenvalue weighted by Crippen LogP contribution is 2.42. The van der Waals surface area contributed by atoms with Gasteiger partial charge in [-0.1, -0.05) is 6.07 Å². The van der Waals surface area contributed by atoms with Crippen molar-refractivity contribution in [1.29, 1.82) is 0 Å². The quantitative estimate of drug-likeness (QED) is 0.764. The molecule has 7 heteroatoms. The van der Waals surface area contributed by atoms with E-state index in [9.17, 15) is 26.3 Å². The van der Waals surface area contributed by atoms with Gasteiger partial charge in [-0.2, -0.15) is 26.3 Å². The van der Waals surface area contributed by atoms with Gasteiger partial charge in [0.05, 0.1) is 17.7 Å². The van der Waals surface area contributed by atoms with Gasteiger partial charge in [0, 0.05) is 0 Å². The number of aliphatic hydroxyl groups is 1. The standard InChI is InChI=1S/C10H8F6O/c1-5-2-6(4-17)3-7(9(11,12)13)8(5)10(14,15)16/h2-3,17H,4H2,1H3. The molecule has 1 N–H and O–H groups in total. The molecule has 0 heterocycles. The minimum absolute atomic E-state index is 0.206. The van der Waals surface area contributed by atoms with Crippen molar-refractivity contribution < 1.29 is 31.4 Å². The monoisotopic (exact) mass is 258 g/mol. The molecular formula is C10H8F6O. The zero-order valence-electron chi connectivity index (χ0n) is 8.58. The van der Waals surface area contributed by atoms with E-state index in [2.05, 4.69) is 0 Å². The molecule has 0 fully saturated rings. The summed E-state index contributed by atoms with van der Waals surface area (Å²) in [5.41, 5.74) is -4.24. The maximum Gasteiger partial charge on any atom is 0.417 e. The van der Waals surface area contributed by atoms with Crippen LogP contribution in [0.3, 0.4) is 0 Å². The number of alkyl halides is 6. The van der Waals surface area contributed by atoms with Crippen molar-refractivity contribution in [3.63, 3.8) is 0 Å². The van der Waals surface area contributed by atoms with Gasteiger partial charge in [-0.25, -0.2) is 0 Å². The summed E-state index contributed by atoms with van der Waals surface area (Å²) in [5, 5.41) is 8.70. The molecule has 1 aromatic rings. The Morgan fingerprint density at radius 2 is 1.53 bits per heavy atom. The summed E-state index contributed by atoms with van der Waals surface area (Å²) in [6, 6.07) is 1.20. The smallest absolute Gasteiger partial charge is 0.392 e. The molecule has 1 rings (SSSR count). The van der Waals surface area contributed by atoms with E-state index in [0.717, 1.165) is 13.0 Å². The molecule has 0 saturated heterocycles.